The van der Waals surface area contributed by atoms with Crippen molar-refractivity contribution in [3.8, 4) is 0 Å². The lowest BCUT2D eigenvalue weighted by Crippen LogP contribution is -2.46. The molecule has 2 rings (SSSR count). The van der Waals surface area contributed by atoms with Crippen LogP contribution in [0.3, 0.4) is 0 Å². The van der Waals surface area contributed by atoms with Gasteiger partial charge in [0, 0.05) is 16.7 Å². The molecule has 1 heterocycles. The van der Waals surface area contributed by atoms with Crippen molar-refractivity contribution in [3.05, 3.63) is 33.8 Å². The van der Waals surface area contributed by atoms with Crippen LogP contribution < -0.4 is 10.6 Å². The Bertz CT molecular complexity index is 504. The van der Waals surface area contributed by atoms with E-state index < -0.39 is 0 Å². The summed E-state index contributed by atoms with van der Waals surface area (Å²) in [7, 11) is 0. The van der Waals surface area contributed by atoms with Crippen molar-refractivity contribution in [1.29, 1.82) is 0 Å². The van der Waals surface area contributed by atoms with Gasteiger partial charge in [0.05, 0.1) is 18.2 Å². The monoisotopic (exact) mass is 330 g/mol. The van der Waals surface area contributed by atoms with Crippen molar-refractivity contribution in [1.82, 2.24) is 10.6 Å². The molecule has 2 N–H and O–H groups in total. The third-order valence-corrected chi connectivity index (χ3v) is 4.22. The van der Waals surface area contributed by atoms with E-state index in [2.05, 4.69) is 10.6 Å². The van der Waals surface area contributed by atoms with E-state index in [9.17, 15) is 4.79 Å². The highest BCUT2D eigenvalue weighted by Gasteiger charge is 2.24. The molecule has 1 aliphatic rings. The minimum absolute atomic E-state index is 0.0135. The number of ether oxygens (including phenoxy) is 1. The molecular weight excluding hydrogens is 311 g/mol. The molecule has 0 bridgehead atoms. The molecule has 1 fully saturated rings. The number of carbonyl (C=O) groups excluding carboxylic acids is 1. The molecule has 2 amide bonds. The van der Waals surface area contributed by atoms with E-state index in [1.165, 1.54) is 0 Å². The molecule has 21 heavy (non-hydrogen) atoms. The van der Waals surface area contributed by atoms with E-state index in [1.807, 2.05) is 19.9 Å². The van der Waals surface area contributed by atoms with Crippen LogP contribution in [0.25, 0.3) is 0 Å². The lowest BCUT2D eigenvalue weighted by molar-refractivity contribution is 0.0859. The second kappa shape index (κ2) is 7.34. The van der Waals surface area contributed by atoms with Crippen molar-refractivity contribution >= 4 is 29.2 Å². The summed E-state index contributed by atoms with van der Waals surface area (Å²) in [5, 5.41) is 6.91. The SMILES string of the molecule is CC(NC(=O)NC(C)C1CCCO1)c1ccc(Cl)cc1Cl. The van der Waals surface area contributed by atoms with Gasteiger partial charge in [-0.1, -0.05) is 29.3 Å². The topological polar surface area (TPSA) is 50.4 Å². The third kappa shape index (κ3) is 4.50. The Morgan fingerprint density at radius 2 is 2.10 bits per heavy atom. The number of amides is 2. The standard InChI is InChI=1S/C15H20Cl2N2O2/c1-9(12-6-5-11(16)8-13(12)17)18-15(20)19-10(2)14-4-3-7-21-14/h5-6,8-10,14H,3-4,7H2,1-2H3,(H2,18,19,20). The molecule has 1 aliphatic heterocycles. The van der Waals surface area contributed by atoms with Crippen LogP contribution in [0.4, 0.5) is 4.79 Å². The lowest BCUT2D eigenvalue weighted by atomic mass is 10.1. The minimum atomic E-state index is -0.225. The van der Waals surface area contributed by atoms with Gasteiger partial charge in [-0.15, -0.1) is 0 Å². The zero-order chi connectivity index (χ0) is 15.4. The Balaban J connectivity index is 1.89. The first-order valence-corrected chi connectivity index (χ1v) is 7.86. The maximum absolute atomic E-state index is 12.0. The molecule has 6 heteroatoms. The van der Waals surface area contributed by atoms with Gasteiger partial charge in [-0.3, -0.25) is 0 Å². The van der Waals surface area contributed by atoms with E-state index in [0.29, 0.717) is 10.0 Å². The fourth-order valence-corrected chi connectivity index (χ4v) is 3.04. The molecule has 0 radical (unpaired) electrons. The molecule has 1 aromatic carbocycles. The van der Waals surface area contributed by atoms with E-state index in [1.54, 1.807) is 12.1 Å². The second-order valence-electron chi connectivity index (χ2n) is 5.35. The number of halogens is 2. The molecule has 3 unspecified atom stereocenters. The predicted molar refractivity (Wildman–Crippen MR) is 85.0 cm³/mol. The molecule has 0 spiro atoms. The number of benzene rings is 1. The van der Waals surface area contributed by atoms with Crippen molar-refractivity contribution in [2.24, 2.45) is 0 Å². The summed E-state index contributed by atoms with van der Waals surface area (Å²) < 4.78 is 5.56. The van der Waals surface area contributed by atoms with Gasteiger partial charge in [0.1, 0.15) is 0 Å². The van der Waals surface area contributed by atoms with Crippen LogP contribution >= 0.6 is 23.2 Å². The van der Waals surface area contributed by atoms with Crippen LogP contribution in [0.15, 0.2) is 18.2 Å². The van der Waals surface area contributed by atoms with Crippen LogP contribution in [-0.2, 0) is 4.74 Å². The number of rotatable bonds is 4. The first-order chi connectivity index (χ1) is 9.97. The Labute approximate surface area is 135 Å². The highest BCUT2D eigenvalue weighted by atomic mass is 35.5. The molecule has 1 aromatic rings. The van der Waals surface area contributed by atoms with Gasteiger partial charge in [-0.05, 0) is 44.4 Å². The van der Waals surface area contributed by atoms with E-state index in [4.69, 9.17) is 27.9 Å². The van der Waals surface area contributed by atoms with Gasteiger partial charge < -0.3 is 15.4 Å². The minimum Gasteiger partial charge on any atom is -0.376 e. The first-order valence-electron chi connectivity index (χ1n) is 7.11. The van der Waals surface area contributed by atoms with Gasteiger partial charge in [-0.25, -0.2) is 4.79 Å². The van der Waals surface area contributed by atoms with Gasteiger partial charge >= 0.3 is 6.03 Å². The summed E-state index contributed by atoms with van der Waals surface area (Å²) in [6.45, 7) is 4.61. The number of nitrogens with one attached hydrogen (secondary N) is 2. The predicted octanol–water partition coefficient (Wildman–Crippen LogP) is 3.92. The fourth-order valence-electron chi connectivity index (χ4n) is 2.47. The van der Waals surface area contributed by atoms with Crippen molar-refractivity contribution in [2.75, 3.05) is 6.61 Å². The van der Waals surface area contributed by atoms with Crippen LogP contribution in [0.5, 0.6) is 0 Å². The highest BCUT2D eigenvalue weighted by molar-refractivity contribution is 6.35. The molecule has 0 saturated carbocycles. The van der Waals surface area contributed by atoms with E-state index in [0.717, 1.165) is 25.0 Å². The quantitative estimate of drug-likeness (QED) is 0.878. The smallest absolute Gasteiger partial charge is 0.315 e. The first kappa shape index (κ1) is 16.4. The molecule has 116 valence electrons. The number of urea groups is 1. The van der Waals surface area contributed by atoms with Crippen LogP contribution in [0.1, 0.15) is 38.3 Å². The lowest BCUT2D eigenvalue weighted by Gasteiger charge is -2.22. The maximum Gasteiger partial charge on any atom is 0.315 e. The Morgan fingerprint density at radius 3 is 2.71 bits per heavy atom. The van der Waals surface area contributed by atoms with Gasteiger partial charge in [-0.2, -0.15) is 0 Å². The van der Waals surface area contributed by atoms with Crippen molar-refractivity contribution < 1.29 is 9.53 Å². The van der Waals surface area contributed by atoms with Gasteiger partial charge in [0.2, 0.25) is 0 Å². The van der Waals surface area contributed by atoms with Crippen LogP contribution in [0, 0.1) is 0 Å². The molecule has 0 aliphatic carbocycles. The van der Waals surface area contributed by atoms with Gasteiger partial charge in [0.25, 0.3) is 0 Å². The van der Waals surface area contributed by atoms with E-state index in [-0.39, 0.29) is 24.2 Å². The van der Waals surface area contributed by atoms with Crippen LogP contribution in [-0.4, -0.2) is 24.8 Å². The summed E-state index contributed by atoms with van der Waals surface area (Å²) in [5.41, 5.74) is 0.834. The molecule has 4 nitrogen and oxygen atoms in total. The number of carbonyl (C=O) groups is 1. The Morgan fingerprint density at radius 1 is 1.33 bits per heavy atom. The van der Waals surface area contributed by atoms with Crippen molar-refractivity contribution in [3.63, 3.8) is 0 Å². The fraction of sp³-hybridized carbons (Fsp3) is 0.533. The summed E-state index contributed by atoms with van der Waals surface area (Å²) in [6.07, 6.45) is 2.14. The number of hydrogen-bond donors (Lipinski definition) is 2. The molecule has 0 aromatic heterocycles. The average molecular weight is 331 g/mol. The summed E-state index contributed by atoms with van der Waals surface area (Å²) >= 11 is 12.0. The summed E-state index contributed by atoms with van der Waals surface area (Å²) in [5.74, 6) is 0. The largest absolute Gasteiger partial charge is 0.376 e. The summed E-state index contributed by atoms with van der Waals surface area (Å²) in [6, 6.07) is 4.81. The molecule has 1 saturated heterocycles. The Kier molecular flexibility index (Phi) is 5.73. The molecule has 3 atom stereocenters. The zero-order valence-electron chi connectivity index (χ0n) is 12.2. The Hall–Kier alpha value is -0.970. The zero-order valence-corrected chi connectivity index (χ0v) is 13.7. The van der Waals surface area contributed by atoms with E-state index >= 15 is 0 Å². The second-order valence-corrected chi connectivity index (χ2v) is 6.19. The van der Waals surface area contributed by atoms with Gasteiger partial charge in [0.15, 0.2) is 0 Å². The third-order valence-electron chi connectivity index (χ3n) is 3.66. The average Bonchev–Trinajstić information content (AvgIpc) is 2.91. The number of hydrogen-bond acceptors (Lipinski definition) is 2. The summed E-state index contributed by atoms with van der Waals surface area (Å²) in [4.78, 5) is 12.0. The normalized spacial score (nSPS) is 20.9. The maximum atomic E-state index is 12.0. The van der Waals surface area contributed by atoms with Crippen LogP contribution in [0.2, 0.25) is 10.0 Å². The van der Waals surface area contributed by atoms with Crippen molar-refractivity contribution in [2.45, 2.75) is 44.9 Å². The molecular formula is C15H20Cl2N2O2. The highest BCUT2D eigenvalue weighted by Crippen LogP contribution is 2.26.